The number of aromatic nitrogens is 4. The van der Waals surface area contributed by atoms with Crippen LogP contribution in [0.25, 0.3) is 11.2 Å². The molecule has 1 aromatic carbocycles. The van der Waals surface area contributed by atoms with Crippen molar-refractivity contribution in [3.05, 3.63) is 43.0 Å². The number of hydrogen-bond acceptors (Lipinski definition) is 6. The number of ether oxygens (including phenoxy) is 1. The van der Waals surface area contributed by atoms with E-state index in [1.54, 1.807) is 13.4 Å². The number of hydrogen-bond donors (Lipinski definition) is 0. The fourth-order valence-electron chi connectivity index (χ4n) is 3.27. The van der Waals surface area contributed by atoms with Crippen LogP contribution in [0, 0.1) is 0 Å². The summed E-state index contributed by atoms with van der Waals surface area (Å²) in [4.78, 5) is 18.2. The lowest BCUT2D eigenvalue weighted by atomic mass is 10.2. The second kappa shape index (κ2) is 7.06. The Balaban J connectivity index is 1.52. The van der Waals surface area contributed by atoms with Gasteiger partial charge in [-0.15, -0.1) is 0 Å². The van der Waals surface area contributed by atoms with Crippen LogP contribution in [0.5, 0.6) is 0 Å². The predicted molar refractivity (Wildman–Crippen MR) is 98.1 cm³/mol. The Kier molecular flexibility index (Phi) is 4.47. The van der Waals surface area contributed by atoms with E-state index < -0.39 is 0 Å². The molecule has 1 saturated heterocycles. The minimum atomic E-state index is 0.639. The molecule has 0 N–H and O–H groups in total. The van der Waals surface area contributed by atoms with Crippen LogP contribution in [-0.2, 0) is 11.3 Å². The number of anilines is 2. The van der Waals surface area contributed by atoms with Crippen molar-refractivity contribution in [2.45, 2.75) is 6.54 Å². The number of benzene rings is 1. The first-order valence-corrected chi connectivity index (χ1v) is 8.56. The van der Waals surface area contributed by atoms with E-state index in [-0.39, 0.29) is 0 Å². The van der Waals surface area contributed by atoms with Crippen LogP contribution in [0.15, 0.2) is 43.0 Å². The maximum absolute atomic E-state index is 5.16. The molecule has 1 aliphatic rings. The van der Waals surface area contributed by atoms with E-state index >= 15 is 0 Å². The molecule has 0 bridgehead atoms. The summed E-state index contributed by atoms with van der Waals surface area (Å²) >= 11 is 0. The third kappa shape index (κ3) is 3.15. The largest absolute Gasteiger partial charge is 0.383 e. The molecule has 7 nitrogen and oxygen atoms in total. The molecule has 25 heavy (non-hydrogen) atoms. The van der Waals surface area contributed by atoms with Crippen molar-refractivity contribution < 1.29 is 4.74 Å². The lowest BCUT2D eigenvalue weighted by Crippen LogP contribution is -2.46. The number of nitrogens with zero attached hydrogens (tertiary/aromatic N) is 6. The Bertz CT molecular complexity index is 826. The third-order valence-electron chi connectivity index (χ3n) is 4.62. The number of para-hydroxylation sites is 1. The zero-order valence-corrected chi connectivity index (χ0v) is 14.4. The summed E-state index contributed by atoms with van der Waals surface area (Å²) in [6.07, 6.45) is 3.45. The highest BCUT2D eigenvalue weighted by atomic mass is 16.5. The van der Waals surface area contributed by atoms with E-state index in [0.29, 0.717) is 6.61 Å². The highest BCUT2D eigenvalue weighted by molar-refractivity contribution is 5.83. The molecular weight excluding hydrogens is 316 g/mol. The number of imidazole rings is 1. The van der Waals surface area contributed by atoms with E-state index in [9.17, 15) is 0 Å². The van der Waals surface area contributed by atoms with Crippen LogP contribution in [-0.4, -0.2) is 59.4 Å². The third-order valence-corrected chi connectivity index (χ3v) is 4.62. The molecule has 1 aliphatic heterocycles. The monoisotopic (exact) mass is 338 g/mol. The van der Waals surface area contributed by atoms with Gasteiger partial charge < -0.3 is 19.1 Å². The minimum Gasteiger partial charge on any atom is -0.383 e. The predicted octanol–water partition coefficient (Wildman–Crippen LogP) is 1.80. The lowest BCUT2D eigenvalue weighted by molar-refractivity contribution is 0.188. The van der Waals surface area contributed by atoms with Gasteiger partial charge in [-0.2, -0.15) is 0 Å². The quantitative estimate of drug-likeness (QED) is 0.707. The maximum atomic E-state index is 5.16. The van der Waals surface area contributed by atoms with Gasteiger partial charge in [0.1, 0.15) is 6.33 Å². The van der Waals surface area contributed by atoms with Gasteiger partial charge in [-0.05, 0) is 12.1 Å². The first kappa shape index (κ1) is 15.8. The molecule has 7 heteroatoms. The molecule has 1 fully saturated rings. The van der Waals surface area contributed by atoms with Crippen LogP contribution in [0.2, 0.25) is 0 Å². The fourth-order valence-corrected chi connectivity index (χ4v) is 3.27. The zero-order valence-electron chi connectivity index (χ0n) is 14.4. The summed E-state index contributed by atoms with van der Waals surface area (Å²) in [6.45, 7) is 5.17. The molecule has 2 aromatic heterocycles. The number of fused-ring (bicyclic) bond motifs is 1. The Morgan fingerprint density at radius 3 is 2.48 bits per heavy atom. The molecule has 3 heterocycles. The van der Waals surface area contributed by atoms with E-state index in [1.807, 2.05) is 10.9 Å². The summed E-state index contributed by atoms with van der Waals surface area (Å²) in [5.74, 6) is 0.925. The highest BCUT2D eigenvalue weighted by Crippen LogP contribution is 2.24. The van der Waals surface area contributed by atoms with Gasteiger partial charge in [-0.1, -0.05) is 18.2 Å². The van der Waals surface area contributed by atoms with Crippen molar-refractivity contribution in [2.24, 2.45) is 0 Å². The second-order valence-corrected chi connectivity index (χ2v) is 6.11. The average molecular weight is 338 g/mol. The topological polar surface area (TPSA) is 59.3 Å². The van der Waals surface area contributed by atoms with Gasteiger partial charge in [0, 0.05) is 45.5 Å². The van der Waals surface area contributed by atoms with Crippen molar-refractivity contribution in [1.29, 1.82) is 0 Å². The van der Waals surface area contributed by atoms with Crippen molar-refractivity contribution in [3.8, 4) is 0 Å². The molecule has 0 unspecified atom stereocenters. The smallest absolute Gasteiger partial charge is 0.165 e. The van der Waals surface area contributed by atoms with Crippen LogP contribution in [0.3, 0.4) is 0 Å². The van der Waals surface area contributed by atoms with Crippen molar-refractivity contribution in [3.63, 3.8) is 0 Å². The maximum Gasteiger partial charge on any atom is 0.165 e. The van der Waals surface area contributed by atoms with Crippen molar-refractivity contribution in [1.82, 2.24) is 19.5 Å². The number of piperazine rings is 1. The SMILES string of the molecule is COCCn1cnc2c(N3CCN(c4ccccc4)CC3)ncnc21. The van der Waals surface area contributed by atoms with Gasteiger partial charge in [0.15, 0.2) is 17.0 Å². The van der Waals surface area contributed by atoms with Gasteiger partial charge in [0.05, 0.1) is 12.9 Å². The zero-order chi connectivity index (χ0) is 17.1. The van der Waals surface area contributed by atoms with Gasteiger partial charge in [0.25, 0.3) is 0 Å². The van der Waals surface area contributed by atoms with Crippen molar-refractivity contribution in [2.75, 3.05) is 49.7 Å². The number of methoxy groups -OCH3 is 1. The average Bonchev–Trinajstić information content (AvgIpc) is 3.10. The van der Waals surface area contributed by atoms with Crippen LogP contribution in [0.4, 0.5) is 11.5 Å². The molecule has 3 aromatic rings. The van der Waals surface area contributed by atoms with E-state index in [0.717, 1.165) is 49.7 Å². The highest BCUT2D eigenvalue weighted by Gasteiger charge is 2.21. The van der Waals surface area contributed by atoms with Gasteiger partial charge in [-0.25, -0.2) is 15.0 Å². The van der Waals surface area contributed by atoms with Crippen LogP contribution in [0.1, 0.15) is 0 Å². The molecule has 0 radical (unpaired) electrons. The molecule has 0 spiro atoms. The molecule has 0 atom stereocenters. The molecule has 4 rings (SSSR count). The van der Waals surface area contributed by atoms with Crippen LogP contribution < -0.4 is 9.80 Å². The van der Waals surface area contributed by atoms with E-state index in [4.69, 9.17) is 4.74 Å². The summed E-state index contributed by atoms with van der Waals surface area (Å²) < 4.78 is 7.17. The van der Waals surface area contributed by atoms with E-state index in [2.05, 4.69) is 55.1 Å². The Morgan fingerprint density at radius 1 is 0.960 bits per heavy atom. The first-order chi connectivity index (χ1) is 12.4. The second-order valence-electron chi connectivity index (χ2n) is 6.11. The summed E-state index contributed by atoms with van der Waals surface area (Å²) in [7, 11) is 1.70. The van der Waals surface area contributed by atoms with Gasteiger partial charge >= 0.3 is 0 Å². The molecule has 130 valence electrons. The molecular formula is C18H22N6O. The molecule has 0 saturated carbocycles. The van der Waals surface area contributed by atoms with Crippen molar-refractivity contribution >= 4 is 22.7 Å². The Hall–Kier alpha value is -2.67. The molecule has 0 aliphatic carbocycles. The van der Waals surface area contributed by atoms with E-state index in [1.165, 1.54) is 5.69 Å². The summed E-state index contributed by atoms with van der Waals surface area (Å²) in [5, 5.41) is 0. The molecule has 0 amide bonds. The summed E-state index contributed by atoms with van der Waals surface area (Å²) in [5.41, 5.74) is 3.01. The minimum absolute atomic E-state index is 0.639. The van der Waals surface area contributed by atoms with Gasteiger partial charge in [0.2, 0.25) is 0 Å². The summed E-state index contributed by atoms with van der Waals surface area (Å²) in [6, 6.07) is 10.5. The Labute approximate surface area is 146 Å². The van der Waals surface area contributed by atoms with Gasteiger partial charge in [-0.3, -0.25) is 0 Å². The standard InChI is InChI=1S/C18H22N6O/c1-25-12-11-24-14-21-16-17(19-13-20-18(16)24)23-9-7-22(8-10-23)15-5-3-2-4-6-15/h2-6,13-14H,7-12H2,1H3. The fraction of sp³-hybridized carbons (Fsp3) is 0.389. The Morgan fingerprint density at radius 2 is 1.72 bits per heavy atom. The number of rotatable bonds is 5. The van der Waals surface area contributed by atoms with Crippen LogP contribution >= 0.6 is 0 Å². The normalized spacial score (nSPS) is 15.1. The lowest BCUT2D eigenvalue weighted by Gasteiger charge is -2.36. The first-order valence-electron chi connectivity index (χ1n) is 8.56.